The molecule has 1 saturated heterocycles. The predicted molar refractivity (Wildman–Crippen MR) is 152 cm³/mol. The van der Waals surface area contributed by atoms with Crippen molar-refractivity contribution in [2.45, 2.75) is 56.6 Å². The van der Waals surface area contributed by atoms with Crippen molar-refractivity contribution in [1.29, 1.82) is 0 Å². The molecule has 2 atom stereocenters. The van der Waals surface area contributed by atoms with Crippen LogP contribution in [0, 0.1) is 6.92 Å². The van der Waals surface area contributed by atoms with E-state index in [1.807, 2.05) is 18.2 Å². The van der Waals surface area contributed by atoms with Gasteiger partial charge in [-0.3, -0.25) is 14.5 Å². The average molecular weight is 566 g/mol. The number of aliphatic hydroxyl groups excluding tert-OH is 1. The van der Waals surface area contributed by atoms with Crippen molar-refractivity contribution >= 4 is 21.1 Å². The zero-order valence-electron chi connectivity index (χ0n) is 22.8. The van der Waals surface area contributed by atoms with Crippen molar-refractivity contribution in [2.24, 2.45) is 0 Å². The smallest absolute Gasteiger partial charge is 0.265 e. The van der Waals surface area contributed by atoms with Gasteiger partial charge >= 0.3 is 0 Å². The van der Waals surface area contributed by atoms with E-state index in [4.69, 9.17) is 9.72 Å². The van der Waals surface area contributed by atoms with Crippen molar-refractivity contribution in [2.75, 3.05) is 26.3 Å². The number of ether oxygens (including phenoxy) is 1. The van der Waals surface area contributed by atoms with E-state index in [9.17, 15) is 18.3 Å². The van der Waals surface area contributed by atoms with Crippen LogP contribution >= 0.6 is 0 Å². The van der Waals surface area contributed by atoms with E-state index in [1.165, 1.54) is 9.87 Å². The Morgan fingerprint density at radius 2 is 1.75 bits per heavy atom. The summed E-state index contributed by atoms with van der Waals surface area (Å²) in [5.74, 6) is 0.482. The molecule has 0 bridgehead atoms. The number of benzene rings is 2. The Hall–Kier alpha value is -3.38. The quantitative estimate of drug-likeness (QED) is 0.302. The third kappa shape index (κ3) is 5.87. The predicted octanol–water partition coefficient (Wildman–Crippen LogP) is 2.98. The van der Waals surface area contributed by atoms with Gasteiger partial charge in [-0.05, 0) is 56.4 Å². The fourth-order valence-electron chi connectivity index (χ4n) is 5.29. The summed E-state index contributed by atoms with van der Waals surface area (Å²) in [6.45, 7) is 4.87. The molecule has 11 heteroatoms. The van der Waals surface area contributed by atoms with Crippen LogP contribution in [0.3, 0.4) is 0 Å². The number of rotatable bonds is 10. The van der Waals surface area contributed by atoms with Crippen LogP contribution in [-0.2, 0) is 27.6 Å². The first-order chi connectivity index (χ1) is 19.3. The van der Waals surface area contributed by atoms with Gasteiger partial charge in [0.05, 0.1) is 35.9 Å². The Kier molecular flexibility index (Phi) is 8.46. The Balaban J connectivity index is 1.45. The molecule has 2 unspecified atom stereocenters. The normalized spacial score (nSPS) is 16.3. The second-order valence-corrected chi connectivity index (χ2v) is 12.2. The standard InChI is InChI=1S/C29H35N5O5S/c1-20-27-28(32-31-20)30-26(19-23-11-13-24(14-12-23)40(37,38)33-15-17-39-18-16-33)34(29(27)36)25(21(2)35)10-6-9-22-7-4-3-5-8-22/h3-5,7-8,11-14,21,25,35H,6,9-10,15-19H2,1-2H3,(H,31,32). The molecule has 40 heavy (non-hydrogen) atoms. The van der Waals surface area contributed by atoms with Crippen molar-refractivity contribution < 1.29 is 18.3 Å². The monoisotopic (exact) mass is 565 g/mol. The highest BCUT2D eigenvalue weighted by molar-refractivity contribution is 7.89. The van der Waals surface area contributed by atoms with Crippen LogP contribution in [0.25, 0.3) is 11.0 Å². The molecule has 4 aromatic rings. The largest absolute Gasteiger partial charge is 0.391 e. The second kappa shape index (κ2) is 12.0. The Morgan fingerprint density at radius 1 is 1.05 bits per heavy atom. The zero-order chi connectivity index (χ0) is 28.3. The minimum Gasteiger partial charge on any atom is -0.391 e. The molecular formula is C29H35N5O5S. The average Bonchev–Trinajstić information content (AvgIpc) is 3.33. The maximum atomic E-state index is 13.8. The first-order valence-corrected chi connectivity index (χ1v) is 15.0. The van der Waals surface area contributed by atoms with Crippen LogP contribution in [0.5, 0.6) is 0 Å². The molecule has 2 aromatic heterocycles. The third-order valence-electron chi connectivity index (χ3n) is 7.47. The molecule has 2 aromatic carbocycles. The highest BCUT2D eigenvalue weighted by atomic mass is 32.2. The van der Waals surface area contributed by atoms with Crippen LogP contribution < -0.4 is 5.56 Å². The Labute approximate surface area is 233 Å². The fourth-order valence-corrected chi connectivity index (χ4v) is 6.70. The van der Waals surface area contributed by atoms with Gasteiger partial charge in [0.1, 0.15) is 11.2 Å². The molecule has 3 heterocycles. The summed E-state index contributed by atoms with van der Waals surface area (Å²) >= 11 is 0. The molecular weight excluding hydrogens is 530 g/mol. The van der Waals surface area contributed by atoms with E-state index in [2.05, 4.69) is 22.3 Å². The highest BCUT2D eigenvalue weighted by Crippen LogP contribution is 2.24. The third-order valence-corrected chi connectivity index (χ3v) is 9.38. The van der Waals surface area contributed by atoms with E-state index >= 15 is 0 Å². The molecule has 10 nitrogen and oxygen atoms in total. The molecule has 1 aliphatic rings. The summed E-state index contributed by atoms with van der Waals surface area (Å²) in [6, 6.07) is 16.3. The Bertz CT molecular complexity index is 1610. The van der Waals surface area contributed by atoms with Gasteiger partial charge in [0, 0.05) is 19.5 Å². The molecule has 1 aliphatic heterocycles. The summed E-state index contributed by atoms with van der Waals surface area (Å²) in [5, 5.41) is 18.3. The van der Waals surface area contributed by atoms with Gasteiger partial charge in [0.2, 0.25) is 10.0 Å². The van der Waals surface area contributed by atoms with Crippen LogP contribution in [0.15, 0.2) is 64.3 Å². The van der Waals surface area contributed by atoms with Gasteiger partial charge in [-0.1, -0.05) is 42.5 Å². The number of H-pyrrole nitrogens is 1. The Morgan fingerprint density at radius 3 is 2.42 bits per heavy atom. The molecule has 2 N–H and O–H groups in total. The molecule has 0 radical (unpaired) electrons. The number of aromatic amines is 1. The lowest BCUT2D eigenvalue weighted by atomic mass is 10.0. The highest BCUT2D eigenvalue weighted by Gasteiger charge is 2.27. The first-order valence-electron chi connectivity index (χ1n) is 13.6. The van der Waals surface area contributed by atoms with Gasteiger partial charge in [-0.15, -0.1) is 0 Å². The number of hydrogen-bond acceptors (Lipinski definition) is 7. The van der Waals surface area contributed by atoms with E-state index < -0.39 is 22.2 Å². The number of nitrogens with one attached hydrogen (secondary N) is 1. The lowest BCUT2D eigenvalue weighted by Crippen LogP contribution is -2.40. The van der Waals surface area contributed by atoms with Crippen LogP contribution in [0.2, 0.25) is 0 Å². The van der Waals surface area contributed by atoms with Crippen LogP contribution in [-0.4, -0.2) is 70.0 Å². The zero-order valence-corrected chi connectivity index (χ0v) is 23.6. The number of aromatic nitrogens is 4. The summed E-state index contributed by atoms with van der Waals surface area (Å²) in [7, 11) is -3.61. The molecule has 5 rings (SSSR count). The summed E-state index contributed by atoms with van der Waals surface area (Å²) < 4.78 is 34.4. The lowest BCUT2D eigenvalue weighted by molar-refractivity contribution is 0.0730. The van der Waals surface area contributed by atoms with Crippen molar-refractivity contribution in [3.63, 3.8) is 0 Å². The number of morpholine rings is 1. The maximum Gasteiger partial charge on any atom is 0.265 e. The fraction of sp³-hybridized carbons (Fsp3) is 0.414. The first kappa shape index (κ1) is 28.2. The van der Waals surface area contributed by atoms with Gasteiger partial charge in [-0.2, -0.15) is 9.40 Å². The van der Waals surface area contributed by atoms with Gasteiger partial charge in [-0.25, -0.2) is 13.4 Å². The lowest BCUT2D eigenvalue weighted by Gasteiger charge is -2.26. The topological polar surface area (TPSA) is 130 Å². The number of sulfonamides is 1. The van der Waals surface area contributed by atoms with Crippen molar-refractivity contribution in [3.8, 4) is 0 Å². The molecule has 0 amide bonds. The van der Waals surface area contributed by atoms with Gasteiger partial charge in [0.15, 0.2) is 5.65 Å². The number of fused-ring (bicyclic) bond motifs is 1. The number of nitrogens with zero attached hydrogens (tertiary/aromatic N) is 4. The molecule has 212 valence electrons. The second-order valence-electron chi connectivity index (χ2n) is 10.3. The maximum absolute atomic E-state index is 13.8. The summed E-state index contributed by atoms with van der Waals surface area (Å²) in [5.41, 5.74) is 2.70. The van der Waals surface area contributed by atoms with Crippen molar-refractivity contribution in [1.82, 2.24) is 24.1 Å². The summed E-state index contributed by atoms with van der Waals surface area (Å²) in [4.78, 5) is 18.8. The minimum absolute atomic E-state index is 0.214. The van der Waals surface area contributed by atoms with E-state index in [0.717, 1.165) is 18.4 Å². The van der Waals surface area contributed by atoms with Crippen molar-refractivity contribution in [3.05, 3.63) is 87.6 Å². The number of aryl methyl sites for hydroxylation is 2. The van der Waals surface area contributed by atoms with E-state index in [1.54, 1.807) is 42.7 Å². The number of hydrogen-bond donors (Lipinski definition) is 2. The molecule has 0 saturated carbocycles. The minimum atomic E-state index is -3.61. The van der Waals surface area contributed by atoms with Crippen LogP contribution in [0.4, 0.5) is 0 Å². The van der Waals surface area contributed by atoms with Gasteiger partial charge < -0.3 is 9.84 Å². The van der Waals surface area contributed by atoms with Gasteiger partial charge in [0.25, 0.3) is 5.56 Å². The molecule has 0 spiro atoms. The van der Waals surface area contributed by atoms with E-state index in [-0.39, 0.29) is 16.9 Å². The molecule has 0 aliphatic carbocycles. The molecule has 1 fully saturated rings. The van der Waals surface area contributed by atoms with Crippen LogP contribution in [0.1, 0.15) is 48.5 Å². The SMILES string of the molecule is Cc1n[nH]c2nc(Cc3ccc(S(=O)(=O)N4CCOCC4)cc3)n(C(CCCc3ccccc3)C(C)O)c(=O)c12. The number of aliphatic hydroxyl groups is 1. The summed E-state index contributed by atoms with van der Waals surface area (Å²) in [6.07, 6.45) is 1.68. The van der Waals surface area contributed by atoms with E-state index in [0.29, 0.717) is 55.3 Å².